The third-order valence-corrected chi connectivity index (χ3v) is 5.59. The van der Waals surface area contributed by atoms with Crippen LogP contribution >= 0.6 is 0 Å². The number of hydrogen-bond acceptors (Lipinski definition) is 4. The molecular weight excluding hydrogens is 224 g/mol. The summed E-state index contributed by atoms with van der Waals surface area (Å²) in [5, 5.41) is 6.91. The summed E-state index contributed by atoms with van der Waals surface area (Å²) >= 11 is 0. The Kier molecular flexibility index (Phi) is 3.56. The van der Waals surface area contributed by atoms with E-state index < -0.39 is 9.84 Å². The molecule has 0 bridgehead atoms. The highest BCUT2D eigenvalue weighted by molar-refractivity contribution is 7.91. The van der Waals surface area contributed by atoms with Crippen molar-refractivity contribution >= 4 is 9.84 Å². The molecule has 0 aromatic rings. The smallest absolute Gasteiger partial charge is 0.152 e. The second-order valence-corrected chi connectivity index (χ2v) is 7.61. The molecule has 0 aromatic carbocycles. The molecule has 0 aromatic heterocycles. The fourth-order valence-corrected chi connectivity index (χ4v) is 4.74. The van der Waals surface area contributed by atoms with E-state index in [1.54, 1.807) is 0 Å². The average Bonchev–Trinajstić information content (AvgIpc) is 2.53. The minimum atomic E-state index is -2.79. The Hall–Kier alpha value is -0.130. The lowest BCUT2D eigenvalue weighted by molar-refractivity contribution is 0.326. The van der Waals surface area contributed by atoms with E-state index >= 15 is 0 Å². The van der Waals surface area contributed by atoms with E-state index in [1.165, 1.54) is 19.3 Å². The molecule has 94 valence electrons. The zero-order valence-electron chi connectivity index (χ0n) is 9.96. The topological polar surface area (TPSA) is 58.2 Å². The summed E-state index contributed by atoms with van der Waals surface area (Å²) in [6, 6.07) is 0.522. The van der Waals surface area contributed by atoms with Gasteiger partial charge in [0.2, 0.25) is 0 Å². The van der Waals surface area contributed by atoms with Gasteiger partial charge in [0.05, 0.1) is 11.5 Å². The molecule has 2 rings (SSSR count). The Morgan fingerprint density at radius 3 is 2.81 bits per heavy atom. The number of nitrogens with one attached hydrogen (secondary N) is 2. The van der Waals surface area contributed by atoms with Crippen molar-refractivity contribution in [2.75, 3.05) is 24.6 Å². The van der Waals surface area contributed by atoms with E-state index in [-0.39, 0.29) is 5.54 Å². The highest BCUT2D eigenvalue weighted by atomic mass is 32.2. The minimum Gasteiger partial charge on any atom is -0.313 e. The van der Waals surface area contributed by atoms with Crippen LogP contribution in [0, 0.1) is 0 Å². The third-order valence-electron chi connectivity index (χ3n) is 3.69. The van der Waals surface area contributed by atoms with Crippen molar-refractivity contribution in [1.29, 1.82) is 0 Å². The molecule has 2 atom stereocenters. The first-order valence-electron chi connectivity index (χ1n) is 6.18. The van der Waals surface area contributed by atoms with Gasteiger partial charge >= 0.3 is 0 Å². The zero-order chi connectivity index (χ0) is 11.6. The van der Waals surface area contributed by atoms with Crippen LogP contribution in [0.3, 0.4) is 0 Å². The van der Waals surface area contributed by atoms with Crippen LogP contribution in [0.5, 0.6) is 0 Å². The van der Waals surface area contributed by atoms with Gasteiger partial charge in [-0.3, -0.25) is 0 Å². The van der Waals surface area contributed by atoms with Crippen LogP contribution in [0.2, 0.25) is 0 Å². The maximum Gasteiger partial charge on any atom is 0.152 e. The van der Waals surface area contributed by atoms with Crippen molar-refractivity contribution < 1.29 is 8.42 Å². The van der Waals surface area contributed by atoms with Crippen molar-refractivity contribution in [2.24, 2.45) is 0 Å². The molecule has 2 N–H and O–H groups in total. The summed E-state index contributed by atoms with van der Waals surface area (Å²) in [6.07, 6.45) is 4.51. The van der Waals surface area contributed by atoms with Crippen molar-refractivity contribution in [3.05, 3.63) is 0 Å². The van der Waals surface area contributed by atoms with Crippen LogP contribution in [0.25, 0.3) is 0 Å². The number of rotatable bonds is 3. The fraction of sp³-hybridized carbons (Fsp3) is 1.00. The second-order valence-electron chi connectivity index (χ2n) is 5.43. The quantitative estimate of drug-likeness (QED) is 0.752. The van der Waals surface area contributed by atoms with Crippen LogP contribution in [-0.4, -0.2) is 44.6 Å². The predicted octanol–water partition coefficient (Wildman–Crippen LogP) is 0.295. The Labute approximate surface area is 98.1 Å². The first-order chi connectivity index (χ1) is 7.49. The van der Waals surface area contributed by atoms with Crippen LogP contribution in [-0.2, 0) is 9.84 Å². The molecule has 0 saturated carbocycles. The summed E-state index contributed by atoms with van der Waals surface area (Å²) in [5.41, 5.74) is -0.196. The van der Waals surface area contributed by atoms with E-state index in [0.717, 1.165) is 19.5 Å². The van der Waals surface area contributed by atoms with E-state index in [0.29, 0.717) is 17.5 Å². The average molecular weight is 246 g/mol. The normalized spacial score (nSPS) is 38.7. The van der Waals surface area contributed by atoms with Crippen molar-refractivity contribution in [1.82, 2.24) is 10.6 Å². The standard InChI is InChI=1S/C11H22N2O2S/c1-11(5-7-16(14,15)9-11)13-8-10-4-2-3-6-12-10/h10,12-13H,2-9H2,1H3. The maximum atomic E-state index is 11.4. The van der Waals surface area contributed by atoms with Crippen LogP contribution in [0.1, 0.15) is 32.6 Å². The molecule has 2 saturated heterocycles. The third kappa shape index (κ3) is 3.18. The molecule has 5 heteroatoms. The first kappa shape index (κ1) is 12.3. The van der Waals surface area contributed by atoms with E-state index in [4.69, 9.17) is 0 Å². The summed E-state index contributed by atoms with van der Waals surface area (Å²) in [4.78, 5) is 0. The zero-order valence-corrected chi connectivity index (χ0v) is 10.8. The number of hydrogen-bond donors (Lipinski definition) is 2. The minimum absolute atomic E-state index is 0.196. The van der Waals surface area contributed by atoms with E-state index in [2.05, 4.69) is 10.6 Å². The lowest BCUT2D eigenvalue weighted by Gasteiger charge is -2.30. The highest BCUT2D eigenvalue weighted by Gasteiger charge is 2.38. The van der Waals surface area contributed by atoms with Gasteiger partial charge in [-0.2, -0.15) is 0 Å². The van der Waals surface area contributed by atoms with Gasteiger partial charge in [-0.05, 0) is 32.7 Å². The van der Waals surface area contributed by atoms with Gasteiger partial charge in [-0.15, -0.1) is 0 Å². The Morgan fingerprint density at radius 2 is 2.25 bits per heavy atom. The molecule has 2 aliphatic rings. The van der Waals surface area contributed by atoms with Gasteiger partial charge in [0.15, 0.2) is 9.84 Å². The SMILES string of the molecule is CC1(NCC2CCCCN2)CCS(=O)(=O)C1. The second kappa shape index (κ2) is 4.63. The van der Waals surface area contributed by atoms with Crippen LogP contribution in [0.4, 0.5) is 0 Å². The molecule has 4 nitrogen and oxygen atoms in total. The van der Waals surface area contributed by atoms with Crippen LogP contribution in [0.15, 0.2) is 0 Å². The first-order valence-corrected chi connectivity index (χ1v) is 8.00. The van der Waals surface area contributed by atoms with Gasteiger partial charge in [0.25, 0.3) is 0 Å². The van der Waals surface area contributed by atoms with Crippen molar-refractivity contribution in [3.8, 4) is 0 Å². The molecular formula is C11H22N2O2S. The molecule has 2 heterocycles. The lowest BCUT2D eigenvalue weighted by Crippen LogP contribution is -2.50. The summed E-state index contributed by atoms with van der Waals surface area (Å²) in [7, 11) is -2.79. The largest absolute Gasteiger partial charge is 0.313 e. The number of piperidine rings is 1. The Bertz CT molecular complexity index is 336. The molecule has 2 aliphatic heterocycles. The molecule has 0 radical (unpaired) electrons. The predicted molar refractivity (Wildman–Crippen MR) is 65.3 cm³/mol. The highest BCUT2D eigenvalue weighted by Crippen LogP contribution is 2.22. The Morgan fingerprint density at radius 1 is 1.44 bits per heavy atom. The van der Waals surface area contributed by atoms with E-state index in [9.17, 15) is 8.42 Å². The number of sulfone groups is 1. The summed E-state index contributed by atoms with van der Waals surface area (Å²) in [6.45, 7) is 4.02. The molecule has 16 heavy (non-hydrogen) atoms. The van der Waals surface area contributed by atoms with Gasteiger partial charge < -0.3 is 10.6 Å². The molecule has 2 unspecified atom stereocenters. The molecule has 2 fully saturated rings. The molecule has 0 amide bonds. The van der Waals surface area contributed by atoms with Gasteiger partial charge in [0, 0.05) is 18.1 Å². The summed E-state index contributed by atoms with van der Waals surface area (Å²) in [5.74, 6) is 0.640. The van der Waals surface area contributed by atoms with Gasteiger partial charge in [0.1, 0.15) is 0 Å². The van der Waals surface area contributed by atoms with Crippen molar-refractivity contribution in [2.45, 2.75) is 44.2 Å². The van der Waals surface area contributed by atoms with Gasteiger partial charge in [-0.25, -0.2) is 8.42 Å². The lowest BCUT2D eigenvalue weighted by atomic mass is 9.99. The monoisotopic (exact) mass is 246 g/mol. The van der Waals surface area contributed by atoms with Gasteiger partial charge in [-0.1, -0.05) is 6.42 Å². The van der Waals surface area contributed by atoms with E-state index in [1.807, 2.05) is 6.92 Å². The molecule has 0 aliphatic carbocycles. The maximum absolute atomic E-state index is 11.4. The van der Waals surface area contributed by atoms with Crippen molar-refractivity contribution in [3.63, 3.8) is 0 Å². The summed E-state index contributed by atoms with van der Waals surface area (Å²) < 4.78 is 22.9. The van der Waals surface area contributed by atoms with Crippen LogP contribution < -0.4 is 10.6 Å². The Balaban J connectivity index is 1.81. The molecule has 0 spiro atoms. The fourth-order valence-electron chi connectivity index (χ4n) is 2.62.